The molecule has 0 spiro atoms. The van der Waals surface area contributed by atoms with Crippen LogP contribution in [0.5, 0.6) is 0 Å². The standard InChI is InChI=1S/C21H20N2O6/c24-10-21(11-25)8-15-6-5-14(7-16(15)17(26)9-21)19-22-18(23-29-19)12-1-3-13(4-2-12)20(27)28/h1-7,20,24-25,27-28H,8-11H2. The number of Topliss-reactive ketones (excluding diaryl/α,β-unsaturated/α-hetero) is 1. The molecule has 8 nitrogen and oxygen atoms in total. The Bertz CT molecular complexity index is 1040. The molecule has 150 valence electrons. The highest BCUT2D eigenvalue weighted by molar-refractivity contribution is 6.00. The smallest absolute Gasteiger partial charge is 0.258 e. The zero-order valence-electron chi connectivity index (χ0n) is 15.4. The third kappa shape index (κ3) is 3.58. The largest absolute Gasteiger partial charge is 0.396 e. The van der Waals surface area contributed by atoms with Gasteiger partial charge in [0.2, 0.25) is 5.82 Å². The summed E-state index contributed by atoms with van der Waals surface area (Å²) in [5.41, 5.74) is 2.07. The van der Waals surface area contributed by atoms with Crippen LogP contribution in [-0.4, -0.2) is 49.6 Å². The van der Waals surface area contributed by atoms with E-state index in [1.807, 2.05) is 0 Å². The lowest BCUT2D eigenvalue weighted by atomic mass is 9.71. The molecule has 0 saturated heterocycles. The maximum absolute atomic E-state index is 12.6. The van der Waals surface area contributed by atoms with E-state index in [9.17, 15) is 25.2 Å². The molecule has 0 unspecified atom stereocenters. The molecule has 0 aliphatic heterocycles. The van der Waals surface area contributed by atoms with Gasteiger partial charge in [0.15, 0.2) is 12.1 Å². The van der Waals surface area contributed by atoms with Crippen molar-refractivity contribution in [3.8, 4) is 22.8 Å². The Morgan fingerprint density at radius 2 is 1.69 bits per heavy atom. The van der Waals surface area contributed by atoms with Gasteiger partial charge < -0.3 is 24.9 Å². The van der Waals surface area contributed by atoms with Gasteiger partial charge in [0.05, 0.1) is 13.2 Å². The van der Waals surface area contributed by atoms with E-state index < -0.39 is 11.7 Å². The van der Waals surface area contributed by atoms with Crippen LogP contribution in [0, 0.1) is 5.41 Å². The number of hydrogen-bond donors (Lipinski definition) is 4. The van der Waals surface area contributed by atoms with Crippen molar-refractivity contribution in [3.63, 3.8) is 0 Å². The molecule has 8 heteroatoms. The lowest BCUT2D eigenvalue weighted by Crippen LogP contribution is -2.38. The molecule has 0 saturated carbocycles. The molecule has 29 heavy (non-hydrogen) atoms. The average molecular weight is 396 g/mol. The van der Waals surface area contributed by atoms with E-state index >= 15 is 0 Å². The van der Waals surface area contributed by atoms with Gasteiger partial charge in [-0.25, -0.2) is 0 Å². The zero-order chi connectivity index (χ0) is 20.6. The molecule has 0 bridgehead atoms. The number of hydrogen-bond acceptors (Lipinski definition) is 8. The van der Waals surface area contributed by atoms with E-state index in [4.69, 9.17) is 4.52 Å². The first-order valence-electron chi connectivity index (χ1n) is 9.13. The number of carbonyl (C=O) groups excluding carboxylic acids is 1. The van der Waals surface area contributed by atoms with Crippen LogP contribution in [0.1, 0.15) is 34.2 Å². The average Bonchev–Trinajstić information content (AvgIpc) is 3.23. The molecule has 2 aromatic carbocycles. The lowest BCUT2D eigenvalue weighted by molar-refractivity contribution is -0.0424. The summed E-state index contributed by atoms with van der Waals surface area (Å²) in [7, 11) is 0. The number of benzene rings is 2. The molecule has 0 amide bonds. The molecule has 1 aliphatic rings. The van der Waals surface area contributed by atoms with E-state index in [0.29, 0.717) is 34.5 Å². The summed E-state index contributed by atoms with van der Waals surface area (Å²) in [5, 5.41) is 41.5. The molecule has 1 heterocycles. The fourth-order valence-electron chi connectivity index (χ4n) is 3.56. The van der Waals surface area contributed by atoms with Gasteiger partial charge in [-0.05, 0) is 24.1 Å². The third-order valence-corrected chi connectivity index (χ3v) is 5.32. The molecule has 1 aliphatic carbocycles. The summed E-state index contributed by atoms with van der Waals surface area (Å²) >= 11 is 0. The Labute approximate surface area is 166 Å². The zero-order valence-corrected chi connectivity index (χ0v) is 15.4. The second-order valence-corrected chi connectivity index (χ2v) is 7.38. The first-order valence-corrected chi connectivity index (χ1v) is 9.13. The number of rotatable bonds is 5. The fraction of sp³-hybridized carbons (Fsp3) is 0.286. The van der Waals surface area contributed by atoms with Crippen LogP contribution in [0.4, 0.5) is 0 Å². The first-order chi connectivity index (χ1) is 13.9. The maximum Gasteiger partial charge on any atom is 0.258 e. The molecule has 1 aromatic heterocycles. The number of ketones is 1. The minimum Gasteiger partial charge on any atom is -0.396 e. The van der Waals surface area contributed by atoms with Crippen LogP contribution in [-0.2, 0) is 6.42 Å². The molecule has 0 atom stereocenters. The van der Waals surface area contributed by atoms with Crippen molar-refractivity contribution in [2.24, 2.45) is 5.41 Å². The quantitative estimate of drug-likeness (QED) is 0.476. The van der Waals surface area contributed by atoms with Gasteiger partial charge in [0.25, 0.3) is 5.89 Å². The summed E-state index contributed by atoms with van der Waals surface area (Å²) in [6.45, 7) is -0.509. The highest BCUT2D eigenvalue weighted by atomic mass is 16.5. The molecule has 0 fully saturated rings. The van der Waals surface area contributed by atoms with Crippen molar-refractivity contribution in [2.75, 3.05) is 13.2 Å². The van der Waals surface area contributed by atoms with Crippen LogP contribution in [0.3, 0.4) is 0 Å². The molecule has 0 radical (unpaired) electrons. The van der Waals surface area contributed by atoms with E-state index in [1.54, 1.807) is 42.5 Å². The summed E-state index contributed by atoms with van der Waals surface area (Å²) in [4.78, 5) is 17.0. The van der Waals surface area contributed by atoms with Crippen LogP contribution in [0.25, 0.3) is 22.8 Å². The van der Waals surface area contributed by atoms with E-state index in [1.165, 1.54) is 0 Å². The van der Waals surface area contributed by atoms with Gasteiger partial charge in [-0.3, -0.25) is 4.79 Å². The number of carbonyl (C=O) groups is 1. The van der Waals surface area contributed by atoms with Gasteiger partial charge >= 0.3 is 0 Å². The Balaban J connectivity index is 1.62. The third-order valence-electron chi connectivity index (χ3n) is 5.32. The minimum atomic E-state index is -1.55. The van der Waals surface area contributed by atoms with Crippen molar-refractivity contribution >= 4 is 5.78 Å². The van der Waals surface area contributed by atoms with Crippen LogP contribution in [0.15, 0.2) is 47.0 Å². The van der Waals surface area contributed by atoms with Crippen molar-refractivity contribution in [2.45, 2.75) is 19.1 Å². The van der Waals surface area contributed by atoms with Gasteiger partial charge in [0.1, 0.15) is 0 Å². The summed E-state index contributed by atoms with van der Waals surface area (Å²) in [6.07, 6.45) is -1.05. The van der Waals surface area contributed by atoms with Crippen LogP contribution >= 0.6 is 0 Å². The first kappa shape index (κ1) is 19.4. The fourth-order valence-corrected chi connectivity index (χ4v) is 3.56. The van der Waals surface area contributed by atoms with Crippen LogP contribution in [0.2, 0.25) is 0 Å². The van der Waals surface area contributed by atoms with E-state index in [-0.39, 0.29) is 31.3 Å². The Morgan fingerprint density at radius 3 is 2.34 bits per heavy atom. The summed E-state index contributed by atoms with van der Waals surface area (Å²) < 4.78 is 5.34. The predicted molar refractivity (Wildman–Crippen MR) is 102 cm³/mol. The number of fused-ring (bicyclic) bond motifs is 1. The van der Waals surface area contributed by atoms with Crippen molar-refractivity contribution in [1.82, 2.24) is 10.1 Å². The Hall–Kier alpha value is -2.91. The summed E-state index contributed by atoms with van der Waals surface area (Å²) in [5.74, 6) is 0.444. The Morgan fingerprint density at radius 1 is 1.00 bits per heavy atom. The monoisotopic (exact) mass is 396 g/mol. The lowest BCUT2D eigenvalue weighted by Gasteiger charge is -2.34. The van der Waals surface area contributed by atoms with Crippen molar-refractivity contribution in [1.29, 1.82) is 0 Å². The topological polar surface area (TPSA) is 137 Å². The maximum atomic E-state index is 12.6. The van der Waals surface area contributed by atoms with Gasteiger partial charge in [-0.1, -0.05) is 35.5 Å². The Kier molecular flexibility index (Phi) is 5.01. The second-order valence-electron chi connectivity index (χ2n) is 7.38. The molecule has 4 rings (SSSR count). The highest BCUT2D eigenvalue weighted by Crippen LogP contribution is 2.36. The molecular formula is C21H20N2O6. The predicted octanol–water partition coefficient (Wildman–Crippen LogP) is 1.49. The molecule has 3 aromatic rings. The number of aliphatic hydroxyl groups is 4. The normalized spacial score (nSPS) is 15.6. The second kappa shape index (κ2) is 7.49. The van der Waals surface area contributed by atoms with E-state index in [2.05, 4.69) is 10.1 Å². The van der Waals surface area contributed by atoms with E-state index in [0.717, 1.165) is 5.56 Å². The molecule has 4 N–H and O–H groups in total. The SMILES string of the molecule is O=C1CC(CO)(CO)Cc2ccc(-c3nc(-c4ccc(C(O)O)cc4)no3)cc21. The number of aliphatic hydroxyl groups excluding tert-OH is 3. The van der Waals surface area contributed by atoms with Gasteiger partial charge in [0, 0.05) is 34.1 Å². The van der Waals surface area contributed by atoms with Gasteiger partial charge in [-0.2, -0.15) is 4.98 Å². The van der Waals surface area contributed by atoms with Crippen LogP contribution < -0.4 is 0 Å². The van der Waals surface area contributed by atoms with Crippen molar-refractivity contribution in [3.05, 3.63) is 59.2 Å². The number of aromatic nitrogens is 2. The van der Waals surface area contributed by atoms with Gasteiger partial charge in [-0.15, -0.1) is 0 Å². The minimum absolute atomic E-state index is 0.0780. The number of nitrogens with zero attached hydrogens (tertiary/aromatic N) is 2. The highest BCUT2D eigenvalue weighted by Gasteiger charge is 2.38. The summed E-state index contributed by atoms with van der Waals surface area (Å²) in [6, 6.07) is 11.7. The van der Waals surface area contributed by atoms with Crippen molar-refractivity contribution < 1.29 is 29.7 Å². The molecular weight excluding hydrogens is 376 g/mol.